The molecule has 0 rings (SSSR count). The number of nitrogens with zero attached hydrogens (tertiary/aromatic N) is 3. The highest BCUT2D eigenvalue weighted by atomic mass is 35.5. The van der Waals surface area contributed by atoms with Crippen LogP contribution < -0.4 is 12.4 Å². The second kappa shape index (κ2) is 33.6. The van der Waals surface area contributed by atoms with E-state index in [1.807, 2.05) is 0 Å². The minimum Gasteiger partial charge on any atom is -1.00 e. The lowest BCUT2D eigenvalue weighted by Crippen LogP contribution is -3.00. The lowest BCUT2D eigenvalue weighted by atomic mass is 10.1. The summed E-state index contributed by atoms with van der Waals surface area (Å²) in [6.07, 6.45) is 22.1. The van der Waals surface area contributed by atoms with Gasteiger partial charge in [-0.1, -0.05) is 107 Å². The molecule has 0 N–H and O–H groups in total. The Morgan fingerprint density at radius 2 is 0.487 bits per heavy atom. The molecule has 0 fully saturated rings. The van der Waals surface area contributed by atoms with Crippen molar-refractivity contribution >= 4 is 0 Å². The van der Waals surface area contributed by atoms with Gasteiger partial charge < -0.3 is 36.7 Å². The third-order valence-corrected chi connectivity index (χ3v) is 7.89. The highest BCUT2D eigenvalue weighted by molar-refractivity contribution is 4.50. The van der Waals surface area contributed by atoms with Crippen molar-refractivity contribution < 1.29 is 26.5 Å². The minimum atomic E-state index is -1.75. The molecule has 0 unspecified atom stereocenters. The monoisotopic (exact) mass is 582 g/mol. The van der Waals surface area contributed by atoms with Gasteiger partial charge in [-0.25, -0.2) is 0 Å². The summed E-state index contributed by atoms with van der Waals surface area (Å²) in [5.41, 5.74) is 0. The average molecular weight is 582 g/mol. The number of hydrogen-bond donors (Lipinski definition) is 0. The molecule has 240 valence electrons. The van der Waals surface area contributed by atoms with Crippen LogP contribution in [0.5, 0.6) is 0 Å². The van der Waals surface area contributed by atoms with Crippen molar-refractivity contribution in [3.05, 3.63) is 15.3 Å². The first-order valence-corrected chi connectivity index (χ1v) is 16.7. The molecule has 0 saturated carbocycles. The fourth-order valence-electron chi connectivity index (χ4n) is 5.29. The molecule has 0 aliphatic carbocycles. The van der Waals surface area contributed by atoms with Crippen LogP contribution in [0.15, 0.2) is 0 Å². The van der Waals surface area contributed by atoms with Gasteiger partial charge in [0.2, 0.25) is 0 Å². The van der Waals surface area contributed by atoms with Crippen molar-refractivity contribution in [3.8, 4) is 0 Å². The quantitative estimate of drug-likeness (QED) is 0.0717. The molecule has 39 heavy (non-hydrogen) atoms. The molecule has 0 bridgehead atoms. The van der Waals surface area contributed by atoms with Crippen molar-refractivity contribution in [1.29, 1.82) is 0 Å². The van der Waals surface area contributed by atoms with Gasteiger partial charge in [0.15, 0.2) is 0 Å². The number of halogens is 1. The maximum atomic E-state index is 8.25. The van der Waals surface area contributed by atoms with Crippen LogP contribution in [-0.4, -0.2) is 66.4 Å². The Labute approximate surface area is 252 Å². The SMILES string of the molecule is CCCC[N+](CCCC)(CCCC)CCCC.CCCC[N+](CCCC)(CCCC)CCCC.O=[N+]([O-])[O-].[Cl-]. The van der Waals surface area contributed by atoms with E-state index in [1.54, 1.807) is 0 Å². The van der Waals surface area contributed by atoms with E-state index >= 15 is 0 Å². The van der Waals surface area contributed by atoms with E-state index in [0.29, 0.717) is 0 Å². The minimum absolute atomic E-state index is 0. The van der Waals surface area contributed by atoms with Crippen LogP contribution in [0.4, 0.5) is 0 Å². The average Bonchev–Trinajstić information content (AvgIpc) is 2.91. The Morgan fingerprint density at radius 3 is 0.564 bits per heavy atom. The molecule has 6 nitrogen and oxygen atoms in total. The summed E-state index contributed by atoms with van der Waals surface area (Å²) >= 11 is 0. The largest absolute Gasteiger partial charge is 1.00 e. The summed E-state index contributed by atoms with van der Waals surface area (Å²) in [6.45, 7) is 30.0. The van der Waals surface area contributed by atoms with Crippen molar-refractivity contribution in [2.24, 2.45) is 0 Å². The molecule has 0 spiro atoms. The molecule has 0 saturated heterocycles. The van der Waals surface area contributed by atoms with Crippen LogP contribution in [0.25, 0.3) is 0 Å². The van der Waals surface area contributed by atoms with E-state index < -0.39 is 5.09 Å². The number of quaternary nitrogens is 2. The molecule has 0 radical (unpaired) electrons. The zero-order chi connectivity index (χ0) is 29.5. The normalized spacial score (nSPS) is 11.1. The third kappa shape index (κ3) is 30.2. The standard InChI is InChI=1S/2C16H36N.ClH.NO3/c2*1-5-9-13-17(14-10-6-2,15-11-7-3)16-12-8-4;;2-1(3)4/h2*5-16H2,1-4H3;1H;/q2*+1;;-1/p-1. The van der Waals surface area contributed by atoms with Crippen molar-refractivity contribution in [1.82, 2.24) is 0 Å². The first kappa shape index (κ1) is 45.4. The fraction of sp³-hybridized carbons (Fsp3) is 1.00. The van der Waals surface area contributed by atoms with Gasteiger partial charge in [-0.2, -0.15) is 0 Å². The Morgan fingerprint density at radius 1 is 0.385 bits per heavy atom. The molecule has 0 aliphatic heterocycles. The van der Waals surface area contributed by atoms with Gasteiger partial charge in [0.1, 0.15) is 0 Å². The lowest BCUT2D eigenvalue weighted by molar-refractivity contribution is -0.929. The fourth-order valence-corrected chi connectivity index (χ4v) is 5.29. The molecule has 0 aromatic rings. The molecule has 0 aliphatic rings. The van der Waals surface area contributed by atoms with Gasteiger partial charge in [-0.3, -0.25) is 0 Å². The van der Waals surface area contributed by atoms with Crippen LogP contribution in [0.1, 0.15) is 158 Å². The predicted octanol–water partition coefficient (Wildman–Crippen LogP) is 6.77. The zero-order valence-corrected chi connectivity index (χ0v) is 28.7. The Kier molecular flexibility index (Phi) is 39.1. The van der Waals surface area contributed by atoms with Crippen LogP contribution in [0.3, 0.4) is 0 Å². The van der Waals surface area contributed by atoms with Crippen LogP contribution in [0.2, 0.25) is 0 Å². The van der Waals surface area contributed by atoms with Gasteiger partial charge >= 0.3 is 0 Å². The smallest absolute Gasteiger partial charge is 0.0786 e. The van der Waals surface area contributed by atoms with Crippen molar-refractivity contribution in [2.45, 2.75) is 158 Å². The molecule has 7 heteroatoms. The second-order valence-corrected chi connectivity index (χ2v) is 11.5. The molecular weight excluding hydrogens is 510 g/mol. The van der Waals surface area contributed by atoms with Crippen molar-refractivity contribution in [2.75, 3.05) is 52.4 Å². The zero-order valence-electron chi connectivity index (χ0n) is 27.9. The van der Waals surface area contributed by atoms with Gasteiger partial charge in [0, 0.05) is 0 Å². The molecule has 0 heterocycles. The summed E-state index contributed by atoms with van der Waals surface area (Å²) < 4.78 is 2.84. The van der Waals surface area contributed by atoms with E-state index in [1.165, 1.54) is 164 Å². The van der Waals surface area contributed by atoms with E-state index in [9.17, 15) is 0 Å². The maximum Gasteiger partial charge on any atom is 0.0786 e. The second-order valence-electron chi connectivity index (χ2n) is 11.5. The lowest BCUT2D eigenvalue weighted by Gasteiger charge is -2.39. The Balaban J connectivity index is -0.000000270. The summed E-state index contributed by atoms with van der Waals surface area (Å²) in [5, 5.41) is 14.8. The van der Waals surface area contributed by atoms with Gasteiger partial charge in [0.25, 0.3) is 0 Å². The van der Waals surface area contributed by atoms with E-state index in [-0.39, 0.29) is 12.4 Å². The molecular formula is C32H72ClN3O3. The Hall–Kier alpha value is -0.590. The van der Waals surface area contributed by atoms with E-state index in [2.05, 4.69) is 55.4 Å². The summed E-state index contributed by atoms with van der Waals surface area (Å²) in [6, 6.07) is 0. The van der Waals surface area contributed by atoms with Crippen LogP contribution in [-0.2, 0) is 0 Å². The number of rotatable bonds is 24. The van der Waals surface area contributed by atoms with E-state index in [0.717, 1.165) is 0 Å². The van der Waals surface area contributed by atoms with Crippen LogP contribution in [0, 0.1) is 15.3 Å². The highest BCUT2D eigenvalue weighted by Crippen LogP contribution is 2.17. The highest BCUT2D eigenvalue weighted by Gasteiger charge is 2.25. The molecule has 0 atom stereocenters. The van der Waals surface area contributed by atoms with Gasteiger partial charge in [-0.05, 0) is 51.4 Å². The molecule has 0 aromatic carbocycles. The summed E-state index contributed by atoms with van der Waals surface area (Å²) in [5.74, 6) is 0. The summed E-state index contributed by atoms with van der Waals surface area (Å²) in [7, 11) is 0. The van der Waals surface area contributed by atoms with Crippen LogP contribution >= 0.6 is 0 Å². The van der Waals surface area contributed by atoms with Gasteiger partial charge in [0.05, 0.1) is 57.4 Å². The third-order valence-electron chi connectivity index (χ3n) is 7.89. The van der Waals surface area contributed by atoms with Gasteiger partial charge in [-0.15, -0.1) is 0 Å². The number of hydrogen-bond acceptors (Lipinski definition) is 3. The Bertz CT molecular complexity index is 367. The number of unbranched alkanes of at least 4 members (excludes halogenated alkanes) is 8. The molecule has 0 amide bonds. The maximum absolute atomic E-state index is 8.25. The predicted molar refractivity (Wildman–Crippen MR) is 169 cm³/mol. The topological polar surface area (TPSA) is 66.2 Å². The first-order chi connectivity index (χ1) is 18.2. The molecule has 0 aromatic heterocycles. The van der Waals surface area contributed by atoms with Crippen molar-refractivity contribution in [3.63, 3.8) is 0 Å². The summed E-state index contributed by atoms with van der Waals surface area (Å²) in [4.78, 5) is 8.25. The first-order valence-electron chi connectivity index (χ1n) is 16.7. The van der Waals surface area contributed by atoms with E-state index in [4.69, 9.17) is 15.3 Å².